The van der Waals surface area contributed by atoms with Crippen molar-refractivity contribution in [3.8, 4) is 10.8 Å². The Morgan fingerprint density at radius 1 is 1.27 bits per heavy atom. The second kappa shape index (κ2) is 4.49. The maximum absolute atomic E-state index is 4.49. The highest BCUT2D eigenvalue weighted by molar-refractivity contribution is 7.13. The highest BCUT2D eigenvalue weighted by Gasteiger charge is 2.06. The molecule has 0 bridgehead atoms. The van der Waals surface area contributed by atoms with Crippen LogP contribution in [0.1, 0.15) is 24.6 Å². The topological polar surface area (TPSA) is 38.7 Å². The molecule has 0 unspecified atom stereocenters. The molecule has 0 atom stereocenters. The zero-order chi connectivity index (χ0) is 10.7. The summed E-state index contributed by atoms with van der Waals surface area (Å²) >= 11 is 1.61. The molecule has 0 N–H and O–H groups in total. The SMILES string of the molecule is CCCc1csc(-c2ncc(C)cn2)n1. The van der Waals surface area contributed by atoms with Crippen molar-refractivity contribution in [2.24, 2.45) is 0 Å². The van der Waals surface area contributed by atoms with Gasteiger partial charge in [-0.05, 0) is 18.9 Å². The maximum atomic E-state index is 4.49. The van der Waals surface area contributed by atoms with E-state index in [1.807, 2.05) is 19.3 Å². The van der Waals surface area contributed by atoms with Crippen molar-refractivity contribution >= 4 is 11.3 Å². The van der Waals surface area contributed by atoms with Crippen molar-refractivity contribution in [3.05, 3.63) is 29.0 Å². The van der Waals surface area contributed by atoms with Crippen LogP contribution < -0.4 is 0 Å². The van der Waals surface area contributed by atoms with Crippen molar-refractivity contribution < 1.29 is 0 Å². The first-order valence-electron chi connectivity index (χ1n) is 5.03. The first-order chi connectivity index (χ1) is 7.29. The quantitative estimate of drug-likeness (QED) is 0.796. The van der Waals surface area contributed by atoms with Crippen LogP contribution in [-0.4, -0.2) is 15.0 Å². The monoisotopic (exact) mass is 219 g/mol. The standard InChI is InChI=1S/C11H13N3S/c1-3-4-9-7-15-11(14-9)10-12-5-8(2)6-13-10/h5-7H,3-4H2,1-2H3. The van der Waals surface area contributed by atoms with Crippen LogP contribution in [0, 0.1) is 6.92 Å². The van der Waals surface area contributed by atoms with Crippen LogP contribution in [0.15, 0.2) is 17.8 Å². The number of hydrogen-bond acceptors (Lipinski definition) is 4. The summed E-state index contributed by atoms with van der Waals surface area (Å²) in [6, 6.07) is 0. The van der Waals surface area contributed by atoms with E-state index in [4.69, 9.17) is 0 Å². The van der Waals surface area contributed by atoms with Crippen LogP contribution in [0.2, 0.25) is 0 Å². The molecular weight excluding hydrogens is 206 g/mol. The molecule has 0 aliphatic carbocycles. The predicted octanol–water partition coefficient (Wildman–Crippen LogP) is 2.86. The molecule has 4 heteroatoms. The third kappa shape index (κ3) is 2.39. The van der Waals surface area contributed by atoms with Gasteiger partial charge in [0, 0.05) is 17.8 Å². The van der Waals surface area contributed by atoms with Gasteiger partial charge in [0.15, 0.2) is 10.8 Å². The van der Waals surface area contributed by atoms with E-state index in [-0.39, 0.29) is 0 Å². The fourth-order valence-electron chi connectivity index (χ4n) is 1.28. The van der Waals surface area contributed by atoms with Crippen LogP contribution in [0.4, 0.5) is 0 Å². The molecule has 3 nitrogen and oxygen atoms in total. The van der Waals surface area contributed by atoms with E-state index in [9.17, 15) is 0 Å². The number of hydrogen-bond donors (Lipinski definition) is 0. The molecule has 0 amide bonds. The van der Waals surface area contributed by atoms with E-state index in [2.05, 4.69) is 27.3 Å². The molecule has 0 saturated carbocycles. The lowest BCUT2D eigenvalue weighted by Gasteiger charge is -1.94. The number of rotatable bonds is 3. The van der Waals surface area contributed by atoms with Gasteiger partial charge in [0.05, 0.1) is 5.69 Å². The maximum Gasteiger partial charge on any atom is 0.188 e. The first-order valence-corrected chi connectivity index (χ1v) is 5.91. The highest BCUT2D eigenvalue weighted by atomic mass is 32.1. The summed E-state index contributed by atoms with van der Waals surface area (Å²) in [7, 11) is 0. The Balaban J connectivity index is 2.25. The third-order valence-corrected chi connectivity index (χ3v) is 2.92. The lowest BCUT2D eigenvalue weighted by atomic mass is 10.3. The summed E-state index contributed by atoms with van der Waals surface area (Å²) in [5.41, 5.74) is 2.21. The fraction of sp³-hybridized carbons (Fsp3) is 0.364. The summed E-state index contributed by atoms with van der Waals surface area (Å²) in [4.78, 5) is 13.0. The largest absolute Gasteiger partial charge is 0.238 e. The minimum Gasteiger partial charge on any atom is -0.238 e. The zero-order valence-electron chi connectivity index (χ0n) is 8.90. The van der Waals surface area contributed by atoms with Crippen LogP contribution >= 0.6 is 11.3 Å². The van der Waals surface area contributed by atoms with Gasteiger partial charge in [-0.2, -0.15) is 0 Å². The molecule has 2 rings (SSSR count). The average Bonchev–Trinajstić information content (AvgIpc) is 2.68. The molecule has 0 aromatic carbocycles. The molecular formula is C11H13N3S. The normalized spacial score (nSPS) is 10.5. The third-order valence-electron chi connectivity index (χ3n) is 2.03. The van der Waals surface area contributed by atoms with Gasteiger partial charge in [0.2, 0.25) is 0 Å². The van der Waals surface area contributed by atoms with Gasteiger partial charge < -0.3 is 0 Å². The van der Waals surface area contributed by atoms with Crippen LogP contribution in [-0.2, 0) is 6.42 Å². The second-order valence-electron chi connectivity index (χ2n) is 3.48. The zero-order valence-corrected chi connectivity index (χ0v) is 9.71. The Kier molecular flexibility index (Phi) is 3.06. The molecule has 2 aromatic heterocycles. The summed E-state index contributed by atoms with van der Waals surface area (Å²) < 4.78 is 0. The number of aromatic nitrogens is 3. The second-order valence-corrected chi connectivity index (χ2v) is 4.34. The molecule has 0 fully saturated rings. The van der Waals surface area contributed by atoms with E-state index < -0.39 is 0 Å². The van der Waals surface area contributed by atoms with E-state index in [1.165, 1.54) is 0 Å². The Hall–Kier alpha value is -1.29. The van der Waals surface area contributed by atoms with E-state index in [0.717, 1.165) is 34.9 Å². The molecule has 0 aliphatic rings. The van der Waals surface area contributed by atoms with Crippen molar-refractivity contribution in [2.75, 3.05) is 0 Å². The lowest BCUT2D eigenvalue weighted by Crippen LogP contribution is -1.89. The Bertz CT molecular complexity index is 433. The summed E-state index contributed by atoms with van der Waals surface area (Å²) in [5.74, 6) is 0.730. The van der Waals surface area contributed by atoms with Gasteiger partial charge in [-0.15, -0.1) is 11.3 Å². The van der Waals surface area contributed by atoms with Crippen LogP contribution in [0.25, 0.3) is 10.8 Å². The van der Waals surface area contributed by atoms with E-state index >= 15 is 0 Å². The van der Waals surface area contributed by atoms with Crippen molar-refractivity contribution in [1.82, 2.24) is 15.0 Å². The predicted molar refractivity (Wildman–Crippen MR) is 61.9 cm³/mol. The van der Waals surface area contributed by atoms with Crippen LogP contribution in [0.5, 0.6) is 0 Å². The van der Waals surface area contributed by atoms with E-state index in [1.54, 1.807) is 11.3 Å². The number of aryl methyl sites for hydroxylation is 2. The fourth-order valence-corrected chi connectivity index (χ4v) is 2.08. The molecule has 78 valence electrons. The lowest BCUT2D eigenvalue weighted by molar-refractivity contribution is 0.892. The van der Waals surface area contributed by atoms with Crippen molar-refractivity contribution in [1.29, 1.82) is 0 Å². The summed E-state index contributed by atoms with van der Waals surface area (Å²) in [6.07, 6.45) is 5.80. The minimum atomic E-state index is 0.730. The minimum absolute atomic E-state index is 0.730. The molecule has 2 heterocycles. The van der Waals surface area contributed by atoms with Crippen molar-refractivity contribution in [2.45, 2.75) is 26.7 Å². The molecule has 0 aliphatic heterocycles. The Morgan fingerprint density at radius 3 is 2.67 bits per heavy atom. The average molecular weight is 219 g/mol. The highest BCUT2D eigenvalue weighted by Crippen LogP contribution is 2.20. The smallest absolute Gasteiger partial charge is 0.188 e. The first kappa shape index (κ1) is 10.2. The van der Waals surface area contributed by atoms with E-state index in [0.29, 0.717) is 0 Å². The van der Waals surface area contributed by atoms with Crippen LogP contribution in [0.3, 0.4) is 0 Å². The molecule has 15 heavy (non-hydrogen) atoms. The number of thiazole rings is 1. The molecule has 0 saturated heterocycles. The molecule has 0 spiro atoms. The van der Waals surface area contributed by atoms with Gasteiger partial charge in [-0.1, -0.05) is 13.3 Å². The molecule has 0 radical (unpaired) electrons. The summed E-state index contributed by atoms with van der Waals surface area (Å²) in [5, 5.41) is 3.00. The number of nitrogens with zero attached hydrogens (tertiary/aromatic N) is 3. The van der Waals surface area contributed by atoms with Gasteiger partial charge in [-0.25, -0.2) is 15.0 Å². The van der Waals surface area contributed by atoms with Gasteiger partial charge in [0.1, 0.15) is 0 Å². The van der Waals surface area contributed by atoms with Crippen molar-refractivity contribution in [3.63, 3.8) is 0 Å². The Labute approximate surface area is 93.2 Å². The van der Waals surface area contributed by atoms with Gasteiger partial charge in [-0.3, -0.25) is 0 Å². The Morgan fingerprint density at radius 2 is 2.00 bits per heavy atom. The van der Waals surface area contributed by atoms with Gasteiger partial charge in [0.25, 0.3) is 0 Å². The summed E-state index contributed by atoms with van der Waals surface area (Å²) in [6.45, 7) is 4.13. The van der Waals surface area contributed by atoms with Gasteiger partial charge >= 0.3 is 0 Å². The molecule has 2 aromatic rings.